The van der Waals surface area contributed by atoms with Gasteiger partial charge in [-0.25, -0.2) is 0 Å². The molecule has 1 aliphatic rings. The maximum atomic E-state index is 12.0. The lowest BCUT2D eigenvalue weighted by atomic mass is 10.1. The van der Waals surface area contributed by atoms with Crippen molar-refractivity contribution in [1.82, 2.24) is 10.2 Å². The van der Waals surface area contributed by atoms with Crippen LogP contribution in [0.5, 0.6) is 5.75 Å². The first-order valence-electron chi connectivity index (χ1n) is 6.93. The molecule has 1 saturated heterocycles. The first-order chi connectivity index (χ1) is 9.56. The Kier molecular flexibility index (Phi) is 5.43. The molecule has 1 aliphatic heterocycles. The Morgan fingerprint density at radius 1 is 1.55 bits per heavy atom. The van der Waals surface area contributed by atoms with Crippen LogP contribution in [0.25, 0.3) is 0 Å². The van der Waals surface area contributed by atoms with E-state index < -0.39 is 6.10 Å². The van der Waals surface area contributed by atoms with Gasteiger partial charge in [-0.2, -0.15) is 0 Å². The fourth-order valence-corrected chi connectivity index (χ4v) is 2.74. The molecule has 2 rings (SSSR count). The van der Waals surface area contributed by atoms with E-state index in [1.54, 1.807) is 6.92 Å². The Hall–Kier alpha value is -1.07. The smallest absolute Gasteiger partial charge is 0.260 e. The molecule has 0 saturated carbocycles. The molecular formula is C15H21BrN2O2. The number of rotatable bonds is 5. The van der Waals surface area contributed by atoms with Crippen molar-refractivity contribution in [2.24, 2.45) is 5.92 Å². The summed E-state index contributed by atoms with van der Waals surface area (Å²) < 4.78 is 6.53. The van der Waals surface area contributed by atoms with E-state index in [1.807, 2.05) is 24.3 Å². The lowest BCUT2D eigenvalue weighted by molar-refractivity contribution is -0.127. The number of para-hydroxylation sites is 1. The Morgan fingerprint density at radius 2 is 2.30 bits per heavy atom. The van der Waals surface area contributed by atoms with Crippen molar-refractivity contribution < 1.29 is 9.53 Å². The zero-order valence-electron chi connectivity index (χ0n) is 11.9. The van der Waals surface area contributed by atoms with Crippen LogP contribution in [0, 0.1) is 5.92 Å². The van der Waals surface area contributed by atoms with Crippen LogP contribution in [0.15, 0.2) is 28.7 Å². The van der Waals surface area contributed by atoms with E-state index in [-0.39, 0.29) is 5.91 Å². The van der Waals surface area contributed by atoms with E-state index >= 15 is 0 Å². The molecule has 20 heavy (non-hydrogen) atoms. The van der Waals surface area contributed by atoms with Gasteiger partial charge in [0.15, 0.2) is 6.10 Å². The highest BCUT2D eigenvalue weighted by atomic mass is 79.9. The largest absolute Gasteiger partial charge is 0.480 e. The van der Waals surface area contributed by atoms with Crippen molar-refractivity contribution in [2.75, 3.05) is 26.7 Å². The second-order valence-electron chi connectivity index (χ2n) is 5.35. The van der Waals surface area contributed by atoms with Gasteiger partial charge in [-0.1, -0.05) is 12.1 Å². The predicted octanol–water partition coefficient (Wildman–Crippen LogP) is 2.28. The summed E-state index contributed by atoms with van der Waals surface area (Å²) in [6.07, 6.45) is 0.656. The molecule has 1 aromatic rings. The minimum absolute atomic E-state index is 0.0599. The van der Waals surface area contributed by atoms with Crippen molar-refractivity contribution >= 4 is 21.8 Å². The number of carbonyl (C=O) groups excluding carboxylic acids is 1. The Balaban J connectivity index is 1.79. The van der Waals surface area contributed by atoms with Crippen LogP contribution >= 0.6 is 15.9 Å². The number of nitrogens with one attached hydrogen (secondary N) is 1. The molecule has 2 unspecified atom stereocenters. The third-order valence-corrected chi connectivity index (χ3v) is 4.22. The van der Waals surface area contributed by atoms with Crippen LogP contribution in [0.1, 0.15) is 13.3 Å². The molecule has 1 heterocycles. The Labute approximate surface area is 128 Å². The maximum absolute atomic E-state index is 12.0. The van der Waals surface area contributed by atoms with E-state index in [4.69, 9.17) is 4.74 Å². The van der Waals surface area contributed by atoms with Gasteiger partial charge in [-0.15, -0.1) is 0 Å². The zero-order chi connectivity index (χ0) is 14.5. The lowest BCUT2D eigenvalue weighted by Gasteiger charge is -2.17. The molecule has 4 nitrogen and oxygen atoms in total. The number of halogens is 1. The molecule has 5 heteroatoms. The highest BCUT2D eigenvalue weighted by molar-refractivity contribution is 9.10. The number of benzene rings is 1. The Bertz CT molecular complexity index is 467. The molecule has 1 fully saturated rings. The average molecular weight is 341 g/mol. The molecule has 0 spiro atoms. The zero-order valence-corrected chi connectivity index (χ0v) is 13.5. The molecule has 0 radical (unpaired) electrons. The number of nitrogens with zero attached hydrogens (tertiary/aromatic N) is 1. The second kappa shape index (κ2) is 7.09. The number of hydrogen-bond acceptors (Lipinski definition) is 3. The third kappa shape index (κ3) is 4.21. The Morgan fingerprint density at radius 3 is 2.95 bits per heavy atom. The highest BCUT2D eigenvalue weighted by Gasteiger charge is 2.22. The summed E-state index contributed by atoms with van der Waals surface area (Å²) in [5.41, 5.74) is 0. The summed E-state index contributed by atoms with van der Waals surface area (Å²) in [5.74, 6) is 1.19. The van der Waals surface area contributed by atoms with Crippen molar-refractivity contribution in [1.29, 1.82) is 0 Å². The topological polar surface area (TPSA) is 41.6 Å². The minimum atomic E-state index is -0.493. The molecule has 1 aromatic carbocycles. The van der Waals surface area contributed by atoms with E-state index in [0.717, 1.165) is 30.5 Å². The molecular weight excluding hydrogens is 320 g/mol. The molecule has 110 valence electrons. The van der Waals surface area contributed by atoms with Gasteiger partial charge in [0, 0.05) is 13.1 Å². The standard InChI is InChI=1S/C15H21BrN2O2/c1-11(20-14-6-4-3-5-13(14)16)15(19)17-9-12-7-8-18(2)10-12/h3-6,11-12H,7-10H2,1-2H3,(H,17,19). The average Bonchev–Trinajstić information content (AvgIpc) is 2.84. The monoisotopic (exact) mass is 340 g/mol. The SMILES string of the molecule is CC(Oc1ccccc1Br)C(=O)NCC1CCN(C)C1. The summed E-state index contributed by atoms with van der Waals surface area (Å²) in [5, 5.41) is 2.98. The summed E-state index contributed by atoms with van der Waals surface area (Å²) in [6, 6.07) is 7.55. The van der Waals surface area contributed by atoms with E-state index in [9.17, 15) is 4.79 Å². The van der Waals surface area contributed by atoms with Crippen LogP contribution in [0.2, 0.25) is 0 Å². The summed E-state index contributed by atoms with van der Waals surface area (Å²) >= 11 is 3.41. The molecule has 1 N–H and O–H groups in total. The van der Waals surface area contributed by atoms with Gasteiger partial charge in [0.25, 0.3) is 5.91 Å². The van der Waals surface area contributed by atoms with Crippen molar-refractivity contribution in [3.05, 3.63) is 28.7 Å². The van der Waals surface area contributed by atoms with Gasteiger partial charge in [0.05, 0.1) is 4.47 Å². The maximum Gasteiger partial charge on any atom is 0.260 e. The summed E-state index contributed by atoms with van der Waals surface area (Å²) in [6.45, 7) is 4.67. The van der Waals surface area contributed by atoms with Crippen molar-refractivity contribution in [3.63, 3.8) is 0 Å². The lowest BCUT2D eigenvalue weighted by Crippen LogP contribution is -2.39. The molecule has 0 bridgehead atoms. The van der Waals surface area contributed by atoms with Gasteiger partial charge in [-0.3, -0.25) is 4.79 Å². The van der Waals surface area contributed by atoms with Crippen LogP contribution < -0.4 is 10.1 Å². The van der Waals surface area contributed by atoms with Crippen LogP contribution in [-0.4, -0.2) is 43.6 Å². The molecule has 0 aromatic heterocycles. The normalized spacial score (nSPS) is 20.6. The van der Waals surface area contributed by atoms with Crippen molar-refractivity contribution in [2.45, 2.75) is 19.4 Å². The van der Waals surface area contributed by atoms with Crippen LogP contribution in [0.4, 0.5) is 0 Å². The first kappa shape index (κ1) is 15.3. The predicted molar refractivity (Wildman–Crippen MR) is 82.8 cm³/mol. The van der Waals surface area contributed by atoms with Gasteiger partial charge >= 0.3 is 0 Å². The number of amides is 1. The summed E-state index contributed by atoms with van der Waals surface area (Å²) in [7, 11) is 2.11. The highest BCUT2D eigenvalue weighted by Crippen LogP contribution is 2.24. The van der Waals surface area contributed by atoms with E-state index in [0.29, 0.717) is 11.7 Å². The number of hydrogen-bond donors (Lipinski definition) is 1. The number of carbonyl (C=O) groups is 1. The molecule has 2 atom stereocenters. The second-order valence-corrected chi connectivity index (χ2v) is 6.21. The fraction of sp³-hybridized carbons (Fsp3) is 0.533. The molecule has 0 aliphatic carbocycles. The first-order valence-corrected chi connectivity index (χ1v) is 7.73. The quantitative estimate of drug-likeness (QED) is 0.894. The van der Waals surface area contributed by atoms with Crippen LogP contribution in [0.3, 0.4) is 0 Å². The fourth-order valence-electron chi connectivity index (χ4n) is 2.37. The van der Waals surface area contributed by atoms with Crippen LogP contribution in [-0.2, 0) is 4.79 Å². The van der Waals surface area contributed by atoms with Gasteiger partial charge in [0.2, 0.25) is 0 Å². The number of likely N-dealkylation sites (tertiary alicyclic amines) is 1. The third-order valence-electron chi connectivity index (χ3n) is 3.56. The van der Waals surface area contributed by atoms with E-state index in [1.165, 1.54) is 0 Å². The van der Waals surface area contributed by atoms with Gasteiger partial charge in [0.1, 0.15) is 5.75 Å². The van der Waals surface area contributed by atoms with Gasteiger partial charge in [-0.05, 0) is 60.9 Å². The number of ether oxygens (including phenoxy) is 1. The van der Waals surface area contributed by atoms with Crippen molar-refractivity contribution in [3.8, 4) is 5.75 Å². The van der Waals surface area contributed by atoms with Gasteiger partial charge < -0.3 is 15.0 Å². The minimum Gasteiger partial charge on any atom is -0.480 e. The molecule has 1 amide bonds. The summed E-state index contributed by atoms with van der Waals surface area (Å²) in [4.78, 5) is 14.3. The van der Waals surface area contributed by atoms with E-state index in [2.05, 4.69) is 33.2 Å².